The van der Waals surface area contributed by atoms with Crippen LogP contribution in [0.2, 0.25) is 0 Å². The molecule has 0 unspecified atom stereocenters. The van der Waals surface area contributed by atoms with Crippen LogP contribution in [0.3, 0.4) is 0 Å². The molecule has 0 atom stereocenters. The van der Waals surface area contributed by atoms with Gasteiger partial charge in [-0.25, -0.2) is 0 Å². The number of hydrogen-bond acceptors (Lipinski definition) is 1. The first-order chi connectivity index (χ1) is 8.19. The molecule has 0 bridgehead atoms. The quantitative estimate of drug-likeness (QED) is 0.830. The molecule has 88 valence electrons. The highest BCUT2D eigenvalue weighted by molar-refractivity contribution is 6.27. The fourth-order valence-electron chi connectivity index (χ4n) is 1.77. The number of amides is 1. The second-order valence-corrected chi connectivity index (χ2v) is 4.36. The van der Waals surface area contributed by atoms with Gasteiger partial charge in [-0.15, -0.1) is 11.6 Å². The Morgan fingerprint density at radius 2 is 1.88 bits per heavy atom. The van der Waals surface area contributed by atoms with Gasteiger partial charge in [0.15, 0.2) is 0 Å². The Morgan fingerprint density at radius 1 is 1.18 bits per heavy atom. The third kappa shape index (κ3) is 2.98. The molecular weight excluding hydrogens is 234 g/mol. The van der Waals surface area contributed by atoms with Crippen molar-refractivity contribution in [3.8, 4) is 0 Å². The summed E-state index contributed by atoms with van der Waals surface area (Å²) in [6, 6.07) is 12.5. The third-order valence-electron chi connectivity index (χ3n) is 2.67. The van der Waals surface area contributed by atoms with Crippen molar-refractivity contribution in [2.45, 2.75) is 13.5 Å². The molecule has 2 rings (SSSR count). The maximum Gasteiger partial charge on any atom is 0.235 e. The smallest absolute Gasteiger partial charge is 0.235 e. The van der Waals surface area contributed by atoms with Crippen LogP contribution in [0.4, 0.5) is 0 Å². The first-order valence-electron chi connectivity index (χ1n) is 5.51. The highest BCUT2D eigenvalue weighted by Gasteiger charge is 2.00. The molecule has 0 aromatic heterocycles. The molecule has 1 N–H and O–H groups in total. The van der Waals surface area contributed by atoms with E-state index in [1.54, 1.807) is 0 Å². The Labute approximate surface area is 106 Å². The van der Waals surface area contributed by atoms with Crippen molar-refractivity contribution in [3.05, 3.63) is 47.5 Å². The number of alkyl halides is 1. The summed E-state index contributed by atoms with van der Waals surface area (Å²) >= 11 is 5.42. The molecule has 17 heavy (non-hydrogen) atoms. The van der Waals surface area contributed by atoms with E-state index in [2.05, 4.69) is 42.6 Å². The van der Waals surface area contributed by atoms with Gasteiger partial charge < -0.3 is 5.32 Å². The molecular formula is C14H14ClNO. The molecule has 2 aromatic rings. The van der Waals surface area contributed by atoms with Gasteiger partial charge in [0.05, 0.1) is 0 Å². The van der Waals surface area contributed by atoms with E-state index in [0.717, 1.165) is 5.56 Å². The van der Waals surface area contributed by atoms with Crippen molar-refractivity contribution < 1.29 is 4.79 Å². The van der Waals surface area contributed by atoms with Crippen LogP contribution >= 0.6 is 11.6 Å². The fourth-order valence-corrected chi connectivity index (χ4v) is 1.87. The molecule has 0 spiro atoms. The monoisotopic (exact) mass is 247 g/mol. The summed E-state index contributed by atoms with van der Waals surface area (Å²) in [6.45, 7) is 2.60. The highest BCUT2D eigenvalue weighted by atomic mass is 35.5. The molecule has 0 heterocycles. The average Bonchev–Trinajstić information content (AvgIpc) is 2.35. The van der Waals surface area contributed by atoms with Gasteiger partial charge in [-0.05, 0) is 29.3 Å². The number of nitrogens with one attached hydrogen (secondary N) is 1. The van der Waals surface area contributed by atoms with Crippen LogP contribution in [0.1, 0.15) is 11.1 Å². The van der Waals surface area contributed by atoms with Gasteiger partial charge in [-0.3, -0.25) is 4.79 Å². The summed E-state index contributed by atoms with van der Waals surface area (Å²) in [5.41, 5.74) is 2.33. The zero-order valence-corrected chi connectivity index (χ0v) is 10.4. The molecule has 0 radical (unpaired) electrons. The Balaban J connectivity index is 2.20. The van der Waals surface area contributed by atoms with Gasteiger partial charge in [0, 0.05) is 6.54 Å². The van der Waals surface area contributed by atoms with Gasteiger partial charge >= 0.3 is 0 Å². The molecule has 0 saturated carbocycles. The number of halogens is 1. The summed E-state index contributed by atoms with van der Waals surface area (Å²) in [6.07, 6.45) is 0. The zero-order valence-electron chi connectivity index (χ0n) is 9.66. The van der Waals surface area contributed by atoms with Crippen molar-refractivity contribution in [3.63, 3.8) is 0 Å². The predicted molar refractivity (Wildman–Crippen MR) is 71.3 cm³/mol. The number of hydrogen-bond donors (Lipinski definition) is 1. The van der Waals surface area contributed by atoms with E-state index in [4.69, 9.17) is 11.6 Å². The molecule has 0 aliphatic rings. The Kier molecular flexibility index (Phi) is 3.64. The van der Waals surface area contributed by atoms with E-state index in [1.165, 1.54) is 16.3 Å². The second kappa shape index (κ2) is 5.19. The fraction of sp³-hybridized carbons (Fsp3) is 0.214. The average molecular weight is 248 g/mol. The van der Waals surface area contributed by atoms with Crippen LogP contribution in [0.25, 0.3) is 10.8 Å². The molecule has 0 aliphatic heterocycles. The summed E-state index contributed by atoms with van der Waals surface area (Å²) in [5, 5.41) is 5.16. The number of carbonyl (C=O) groups excluding carboxylic acids is 1. The molecule has 0 fully saturated rings. The summed E-state index contributed by atoms with van der Waals surface area (Å²) in [4.78, 5) is 11.1. The third-order valence-corrected chi connectivity index (χ3v) is 2.91. The van der Waals surface area contributed by atoms with Gasteiger partial charge in [0.1, 0.15) is 5.88 Å². The minimum Gasteiger partial charge on any atom is -0.351 e. The number of fused-ring (bicyclic) bond motifs is 1. The number of rotatable bonds is 3. The first kappa shape index (κ1) is 11.9. The van der Waals surface area contributed by atoms with Crippen molar-refractivity contribution in [2.75, 3.05) is 5.88 Å². The highest BCUT2D eigenvalue weighted by Crippen LogP contribution is 2.17. The lowest BCUT2D eigenvalue weighted by molar-refractivity contribution is -0.118. The lowest BCUT2D eigenvalue weighted by Gasteiger charge is -2.05. The predicted octanol–water partition coefficient (Wildman–Crippen LogP) is 3.00. The van der Waals surface area contributed by atoms with E-state index in [1.807, 2.05) is 6.07 Å². The molecule has 0 aliphatic carbocycles. The minimum absolute atomic E-state index is 0.00672. The molecule has 2 nitrogen and oxygen atoms in total. The van der Waals surface area contributed by atoms with E-state index in [0.29, 0.717) is 6.54 Å². The van der Waals surface area contributed by atoms with E-state index in [-0.39, 0.29) is 11.8 Å². The largest absolute Gasteiger partial charge is 0.351 e. The maximum atomic E-state index is 11.1. The SMILES string of the molecule is Cc1ccc2cc(CNC(=O)CCl)ccc2c1. The number of benzene rings is 2. The van der Waals surface area contributed by atoms with E-state index < -0.39 is 0 Å². The summed E-state index contributed by atoms with van der Waals surface area (Å²) < 4.78 is 0. The van der Waals surface area contributed by atoms with Crippen molar-refractivity contribution in [1.82, 2.24) is 5.32 Å². The van der Waals surface area contributed by atoms with Crippen molar-refractivity contribution >= 4 is 28.3 Å². The van der Waals surface area contributed by atoms with Crippen LogP contribution in [-0.2, 0) is 11.3 Å². The van der Waals surface area contributed by atoms with Crippen LogP contribution in [0.5, 0.6) is 0 Å². The van der Waals surface area contributed by atoms with E-state index >= 15 is 0 Å². The lowest BCUT2D eigenvalue weighted by atomic mass is 10.0. The molecule has 3 heteroatoms. The molecule has 2 aromatic carbocycles. The van der Waals surface area contributed by atoms with Crippen LogP contribution in [0.15, 0.2) is 36.4 Å². The summed E-state index contributed by atoms with van der Waals surface area (Å²) in [7, 11) is 0. The van der Waals surface area contributed by atoms with Crippen LogP contribution in [-0.4, -0.2) is 11.8 Å². The minimum atomic E-state index is -0.143. The van der Waals surface area contributed by atoms with Gasteiger partial charge in [0.25, 0.3) is 0 Å². The zero-order chi connectivity index (χ0) is 12.3. The normalized spacial score (nSPS) is 10.5. The number of aryl methyl sites for hydroxylation is 1. The Bertz CT molecular complexity index is 551. The van der Waals surface area contributed by atoms with Gasteiger partial charge in [-0.1, -0.05) is 35.9 Å². The van der Waals surface area contributed by atoms with Crippen LogP contribution in [0, 0.1) is 6.92 Å². The topological polar surface area (TPSA) is 29.1 Å². The lowest BCUT2D eigenvalue weighted by Crippen LogP contribution is -2.23. The van der Waals surface area contributed by atoms with Gasteiger partial charge in [0.2, 0.25) is 5.91 Å². The number of carbonyl (C=O) groups is 1. The van der Waals surface area contributed by atoms with E-state index in [9.17, 15) is 4.79 Å². The summed E-state index contributed by atoms with van der Waals surface area (Å²) in [5.74, 6) is -0.136. The van der Waals surface area contributed by atoms with Gasteiger partial charge in [-0.2, -0.15) is 0 Å². The molecule has 0 saturated heterocycles. The van der Waals surface area contributed by atoms with Crippen molar-refractivity contribution in [2.24, 2.45) is 0 Å². The Morgan fingerprint density at radius 3 is 2.65 bits per heavy atom. The van der Waals surface area contributed by atoms with Crippen molar-refractivity contribution in [1.29, 1.82) is 0 Å². The second-order valence-electron chi connectivity index (χ2n) is 4.10. The first-order valence-corrected chi connectivity index (χ1v) is 6.04. The van der Waals surface area contributed by atoms with Crippen LogP contribution < -0.4 is 5.32 Å². The Hall–Kier alpha value is -1.54. The standard InChI is InChI=1S/C14H14ClNO/c1-10-2-4-13-7-11(3-5-12(13)6-10)9-16-14(17)8-15/h2-7H,8-9H2,1H3,(H,16,17). The molecule has 1 amide bonds. The maximum absolute atomic E-state index is 11.1.